The van der Waals surface area contributed by atoms with Crippen molar-refractivity contribution in [3.63, 3.8) is 0 Å². The third kappa shape index (κ3) is 2.36. The largest absolute Gasteiger partial charge is 0.464 e. The van der Waals surface area contributed by atoms with Crippen molar-refractivity contribution in [2.45, 2.75) is 4.21 Å². The second-order valence-electron chi connectivity index (χ2n) is 3.17. The number of sulfonamides is 1. The average Bonchev–Trinajstić information content (AvgIpc) is 2.97. The van der Waals surface area contributed by atoms with Crippen LogP contribution < -0.4 is 4.83 Å². The standard InChI is InChI=1S/C9H9N3O4S2/c1-16-8(13)7-9(17-6-10-7)18(14,15)11-12-4-2-3-5-12/h2-6,11H,1H3. The zero-order chi connectivity index (χ0) is 13.2. The Kier molecular flexibility index (Phi) is 3.34. The maximum Gasteiger partial charge on any atom is 0.359 e. The second-order valence-corrected chi connectivity index (χ2v) is 5.88. The number of esters is 1. The molecule has 0 saturated carbocycles. The highest BCUT2D eigenvalue weighted by atomic mass is 32.2. The van der Waals surface area contributed by atoms with Gasteiger partial charge in [-0.3, -0.25) is 4.68 Å². The molecule has 7 nitrogen and oxygen atoms in total. The summed E-state index contributed by atoms with van der Waals surface area (Å²) in [5.74, 6) is -0.788. The Balaban J connectivity index is 2.36. The summed E-state index contributed by atoms with van der Waals surface area (Å²) in [6.07, 6.45) is 3.05. The van der Waals surface area contributed by atoms with Crippen LogP contribution >= 0.6 is 11.3 Å². The molecule has 0 aromatic carbocycles. The van der Waals surface area contributed by atoms with Gasteiger partial charge in [0.15, 0.2) is 9.90 Å². The van der Waals surface area contributed by atoms with E-state index < -0.39 is 16.0 Å². The molecular formula is C9H9N3O4S2. The molecule has 96 valence electrons. The highest BCUT2D eigenvalue weighted by molar-refractivity contribution is 7.94. The van der Waals surface area contributed by atoms with Crippen LogP contribution in [0.2, 0.25) is 0 Å². The Bertz CT molecular complexity index is 645. The van der Waals surface area contributed by atoms with Gasteiger partial charge in [-0.1, -0.05) is 0 Å². The minimum absolute atomic E-state index is 0.178. The van der Waals surface area contributed by atoms with Gasteiger partial charge < -0.3 is 4.74 Å². The van der Waals surface area contributed by atoms with Gasteiger partial charge in [-0.25, -0.2) is 14.6 Å². The van der Waals surface area contributed by atoms with Gasteiger partial charge in [0.05, 0.1) is 12.6 Å². The zero-order valence-electron chi connectivity index (χ0n) is 9.23. The van der Waals surface area contributed by atoms with Crippen LogP contribution in [0.15, 0.2) is 34.2 Å². The molecule has 2 aromatic heterocycles. The molecule has 0 aliphatic rings. The van der Waals surface area contributed by atoms with Crippen molar-refractivity contribution in [1.29, 1.82) is 0 Å². The Morgan fingerprint density at radius 2 is 2.11 bits per heavy atom. The number of nitrogens with zero attached hydrogens (tertiary/aromatic N) is 2. The first-order chi connectivity index (χ1) is 8.54. The lowest BCUT2D eigenvalue weighted by Gasteiger charge is -2.07. The molecule has 9 heteroatoms. The highest BCUT2D eigenvalue weighted by Gasteiger charge is 2.26. The number of carbonyl (C=O) groups is 1. The van der Waals surface area contributed by atoms with Gasteiger partial charge in [0.25, 0.3) is 10.0 Å². The van der Waals surface area contributed by atoms with Crippen LogP contribution in [0.25, 0.3) is 0 Å². The van der Waals surface area contributed by atoms with Crippen LogP contribution in [0.3, 0.4) is 0 Å². The number of ether oxygens (including phenoxy) is 1. The first-order valence-corrected chi connectivity index (χ1v) is 7.08. The van der Waals surface area contributed by atoms with Crippen LogP contribution in [-0.4, -0.2) is 31.2 Å². The fourth-order valence-corrected chi connectivity index (χ4v) is 3.36. The summed E-state index contributed by atoms with van der Waals surface area (Å²) in [5.41, 5.74) is 1.05. The van der Waals surface area contributed by atoms with E-state index in [1.54, 1.807) is 12.1 Å². The number of hydrogen-bond acceptors (Lipinski definition) is 6. The Labute approximate surface area is 107 Å². The van der Waals surface area contributed by atoms with Gasteiger partial charge in [0.1, 0.15) is 0 Å². The fraction of sp³-hybridized carbons (Fsp3) is 0.111. The number of methoxy groups -OCH3 is 1. The Morgan fingerprint density at radius 3 is 2.72 bits per heavy atom. The Hall–Kier alpha value is -1.87. The summed E-state index contributed by atoms with van der Waals surface area (Å²) >= 11 is 0.846. The van der Waals surface area contributed by atoms with E-state index in [0.717, 1.165) is 18.4 Å². The molecule has 2 heterocycles. The number of rotatable bonds is 4. The molecule has 0 unspecified atom stereocenters. The molecule has 0 saturated heterocycles. The van der Waals surface area contributed by atoms with Crippen molar-refractivity contribution in [2.24, 2.45) is 0 Å². The first-order valence-electron chi connectivity index (χ1n) is 4.72. The topological polar surface area (TPSA) is 90.3 Å². The van der Waals surface area contributed by atoms with Crippen LogP contribution in [0, 0.1) is 0 Å². The smallest absolute Gasteiger partial charge is 0.359 e. The van der Waals surface area contributed by atoms with E-state index in [1.165, 1.54) is 22.6 Å². The van der Waals surface area contributed by atoms with Crippen molar-refractivity contribution in [3.05, 3.63) is 35.7 Å². The molecule has 0 amide bonds. The van der Waals surface area contributed by atoms with Crippen LogP contribution in [0.4, 0.5) is 0 Å². The molecule has 1 N–H and O–H groups in total. The van der Waals surface area contributed by atoms with Crippen molar-refractivity contribution in [1.82, 2.24) is 9.66 Å². The lowest BCUT2D eigenvalue weighted by Crippen LogP contribution is -2.23. The van der Waals surface area contributed by atoms with E-state index in [0.29, 0.717) is 0 Å². The second kappa shape index (κ2) is 4.78. The Morgan fingerprint density at radius 1 is 1.44 bits per heavy atom. The van der Waals surface area contributed by atoms with E-state index in [4.69, 9.17) is 0 Å². The predicted octanol–water partition coefficient (Wildman–Crippen LogP) is 0.664. The van der Waals surface area contributed by atoms with E-state index in [2.05, 4.69) is 14.6 Å². The normalized spacial score (nSPS) is 11.2. The van der Waals surface area contributed by atoms with Gasteiger partial charge in [-0.15, -0.1) is 11.3 Å². The molecule has 0 atom stereocenters. The number of aromatic nitrogens is 2. The summed E-state index contributed by atoms with van der Waals surface area (Å²) in [6.45, 7) is 0. The third-order valence-corrected chi connectivity index (χ3v) is 4.69. The molecule has 0 spiro atoms. The lowest BCUT2D eigenvalue weighted by molar-refractivity contribution is 0.0590. The highest BCUT2D eigenvalue weighted by Crippen LogP contribution is 2.21. The average molecular weight is 287 g/mol. The van der Waals surface area contributed by atoms with E-state index >= 15 is 0 Å². The van der Waals surface area contributed by atoms with Crippen LogP contribution in [0.5, 0.6) is 0 Å². The molecule has 0 aliphatic carbocycles. The summed E-state index contributed by atoms with van der Waals surface area (Å²) in [6, 6.07) is 3.33. The van der Waals surface area contributed by atoms with Crippen LogP contribution in [0.1, 0.15) is 10.5 Å². The molecular weight excluding hydrogens is 278 g/mol. The molecule has 2 aromatic rings. The van der Waals surface area contributed by atoms with Gasteiger partial charge in [0, 0.05) is 12.4 Å². The molecule has 0 bridgehead atoms. The van der Waals surface area contributed by atoms with Crippen molar-refractivity contribution < 1.29 is 17.9 Å². The monoisotopic (exact) mass is 287 g/mol. The minimum atomic E-state index is -3.86. The van der Waals surface area contributed by atoms with Crippen molar-refractivity contribution in [2.75, 3.05) is 11.9 Å². The third-order valence-electron chi connectivity index (χ3n) is 1.99. The predicted molar refractivity (Wildman–Crippen MR) is 64.4 cm³/mol. The molecule has 0 radical (unpaired) electrons. The maximum atomic E-state index is 12.0. The molecule has 18 heavy (non-hydrogen) atoms. The molecule has 2 rings (SSSR count). The summed E-state index contributed by atoms with van der Waals surface area (Å²) < 4.78 is 29.6. The van der Waals surface area contributed by atoms with Gasteiger partial charge in [0.2, 0.25) is 0 Å². The van der Waals surface area contributed by atoms with Gasteiger partial charge >= 0.3 is 5.97 Å². The SMILES string of the molecule is COC(=O)c1ncsc1S(=O)(=O)Nn1cccc1. The minimum Gasteiger partial charge on any atom is -0.464 e. The maximum absolute atomic E-state index is 12.0. The molecule has 0 aliphatic heterocycles. The van der Waals surface area contributed by atoms with E-state index in [-0.39, 0.29) is 9.90 Å². The fourth-order valence-electron chi connectivity index (χ4n) is 1.23. The summed E-state index contributed by atoms with van der Waals surface area (Å²) in [4.78, 5) is 17.3. The summed E-state index contributed by atoms with van der Waals surface area (Å²) in [7, 11) is -2.69. The quantitative estimate of drug-likeness (QED) is 0.834. The van der Waals surface area contributed by atoms with Gasteiger partial charge in [-0.05, 0) is 12.1 Å². The van der Waals surface area contributed by atoms with Crippen molar-refractivity contribution >= 4 is 27.3 Å². The van der Waals surface area contributed by atoms with Crippen LogP contribution in [-0.2, 0) is 14.8 Å². The van der Waals surface area contributed by atoms with E-state index in [1.807, 2.05) is 0 Å². The summed E-state index contributed by atoms with van der Waals surface area (Å²) in [5, 5.41) is 0. The lowest BCUT2D eigenvalue weighted by atomic mass is 10.5. The number of thiazole rings is 1. The zero-order valence-corrected chi connectivity index (χ0v) is 10.9. The van der Waals surface area contributed by atoms with Crippen molar-refractivity contribution in [3.8, 4) is 0 Å². The molecule has 0 fully saturated rings. The van der Waals surface area contributed by atoms with E-state index in [9.17, 15) is 13.2 Å². The number of nitrogens with one attached hydrogen (secondary N) is 1. The first kappa shape index (κ1) is 12.6. The number of hydrogen-bond donors (Lipinski definition) is 1. The number of carbonyl (C=O) groups excluding carboxylic acids is 1. The van der Waals surface area contributed by atoms with Gasteiger partial charge in [-0.2, -0.15) is 8.42 Å².